The van der Waals surface area contributed by atoms with Crippen LogP contribution in [0.1, 0.15) is 5.56 Å². The van der Waals surface area contributed by atoms with Crippen molar-refractivity contribution in [2.75, 3.05) is 19.0 Å². The second-order valence-electron chi connectivity index (χ2n) is 4.25. The van der Waals surface area contributed by atoms with Crippen LogP contribution in [0.5, 0.6) is 0 Å². The zero-order chi connectivity index (χ0) is 14.5. The lowest BCUT2D eigenvalue weighted by atomic mass is 10.3. The molecule has 0 atom stereocenters. The van der Waals surface area contributed by atoms with Gasteiger partial charge in [-0.3, -0.25) is 14.8 Å². The molecule has 0 unspecified atom stereocenters. The number of rotatable bonds is 6. The van der Waals surface area contributed by atoms with Crippen LogP contribution in [-0.2, 0) is 11.3 Å². The molecule has 0 aliphatic heterocycles. The van der Waals surface area contributed by atoms with E-state index in [1.165, 1.54) is 6.07 Å². The number of aromatic nitrogens is 3. The number of nitrogens with one attached hydrogen (secondary N) is 1. The van der Waals surface area contributed by atoms with E-state index in [0.717, 1.165) is 5.56 Å². The minimum atomic E-state index is -0.461. The zero-order valence-corrected chi connectivity index (χ0v) is 11.2. The van der Waals surface area contributed by atoms with Crippen LogP contribution in [0.15, 0.2) is 24.7 Å². The van der Waals surface area contributed by atoms with Crippen molar-refractivity contribution in [2.45, 2.75) is 13.5 Å². The molecule has 0 saturated heterocycles. The SMILES string of the molecule is COCCn1cc(Nc2ncc(C)cc2[N+](=O)[O-])cn1. The number of hydrogen-bond acceptors (Lipinski definition) is 6. The maximum absolute atomic E-state index is 11.0. The molecule has 20 heavy (non-hydrogen) atoms. The number of nitrogens with zero attached hydrogens (tertiary/aromatic N) is 4. The number of ether oxygens (including phenoxy) is 1. The van der Waals surface area contributed by atoms with E-state index < -0.39 is 4.92 Å². The molecule has 0 aliphatic rings. The molecule has 106 valence electrons. The van der Waals surface area contributed by atoms with Gasteiger partial charge in [-0.1, -0.05) is 0 Å². The Morgan fingerprint density at radius 1 is 1.50 bits per heavy atom. The second-order valence-corrected chi connectivity index (χ2v) is 4.25. The Balaban J connectivity index is 2.17. The second kappa shape index (κ2) is 6.11. The predicted molar refractivity (Wildman–Crippen MR) is 73.0 cm³/mol. The predicted octanol–water partition coefficient (Wildman–Crippen LogP) is 1.88. The summed E-state index contributed by atoms with van der Waals surface area (Å²) < 4.78 is 6.64. The normalized spacial score (nSPS) is 10.5. The van der Waals surface area contributed by atoms with Crippen molar-refractivity contribution in [2.24, 2.45) is 0 Å². The molecule has 2 heterocycles. The minimum Gasteiger partial charge on any atom is -0.383 e. The molecule has 2 aromatic heterocycles. The van der Waals surface area contributed by atoms with E-state index in [4.69, 9.17) is 4.74 Å². The van der Waals surface area contributed by atoms with Gasteiger partial charge in [-0.25, -0.2) is 4.98 Å². The average molecular weight is 277 g/mol. The largest absolute Gasteiger partial charge is 0.383 e. The first-order valence-corrected chi connectivity index (χ1v) is 5.99. The van der Waals surface area contributed by atoms with Crippen LogP contribution in [0.3, 0.4) is 0 Å². The summed E-state index contributed by atoms with van der Waals surface area (Å²) in [5, 5.41) is 18.0. The van der Waals surface area contributed by atoms with E-state index in [1.807, 2.05) is 0 Å². The van der Waals surface area contributed by atoms with Crippen molar-refractivity contribution in [3.63, 3.8) is 0 Å². The Labute approximate surface area is 115 Å². The van der Waals surface area contributed by atoms with E-state index >= 15 is 0 Å². The molecule has 0 radical (unpaired) electrons. The first-order valence-electron chi connectivity index (χ1n) is 5.99. The van der Waals surface area contributed by atoms with Crippen LogP contribution in [0, 0.1) is 17.0 Å². The molecule has 0 fully saturated rings. The van der Waals surface area contributed by atoms with Crippen LogP contribution < -0.4 is 5.32 Å². The van der Waals surface area contributed by atoms with E-state index in [2.05, 4.69) is 15.4 Å². The number of pyridine rings is 1. The molecular weight excluding hydrogens is 262 g/mol. The topological polar surface area (TPSA) is 95.1 Å². The van der Waals surface area contributed by atoms with Gasteiger partial charge >= 0.3 is 5.69 Å². The van der Waals surface area contributed by atoms with Gasteiger partial charge in [0, 0.05) is 25.6 Å². The summed E-state index contributed by atoms with van der Waals surface area (Å²) in [6, 6.07) is 1.48. The number of methoxy groups -OCH3 is 1. The van der Waals surface area contributed by atoms with Crippen LogP contribution in [0.4, 0.5) is 17.2 Å². The highest BCUT2D eigenvalue weighted by Crippen LogP contribution is 2.25. The van der Waals surface area contributed by atoms with E-state index in [0.29, 0.717) is 18.8 Å². The molecule has 0 spiro atoms. The van der Waals surface area contributed by atoms with Crippen LogP contribution in [0.25, 0.3) is 0 Å². The highest BCUT2D eigenvalue weighted by molar-refractivity contribution is 5.64. The summed E-state index contributed by atoms with van der Waals surface area (Å²) >= 11 is 0. The molecule has 8 heteroatoms. The number of hydrogen-bond donors (Lipinski definition) is 1. The van der Waals surface area contributed by atoms with Gasteiger partial charge < -0.3 is 10.1 Å². The first-order chi connectivity index (χ1) is 9.60. The molecule has 0 saturated carbocycles. The molecule has 8 nitrogen and oxygen atoms in total. The van der Waals surface area contributed by atoms with E-state index in [-0.39, 0.29) is 11.5 Å². The Hall–Kier alpha value is -2.48. The molecule has 0 amide bonds. The smallest absolute Gasteiger partial charge is 0.311 e. The maximum atomic E-state index is 11.0. The Morgan fingerprint density at radius 3 is 3.00 bits per heavy atom. The third-order valence-corrected chi connectivity index (χ3v) is 2.62. The van der Waals surface area contributed by atoms with Crippen molar-refractivity contribution < 1.29 is 9.66 Å². The van der Waals surface area contributed by atoms with Gasteiger partial charge in [0.2, 0.25) is 5.82 Å². The van der Waals surface area contributed by atoms with Crippen molar-refractivity contribution in [1.82, 2.24) is 14.8 Å². The molecule has 0 bridgehead atoms. The lowest BCUT2D eigenvalue weighted by Gasteiger charge is -2.04. The monoisotopic (exact) mass is 277 g/mol. The lowest BCUT2D eigenvalue weighted by Crippen LogP contribution is -2.04. The van der Waals surface area contributed by atoms with Crippen molar-refractivity contribution in [3.8, 4) is 0 Å². The molecule has 0 aliphatic carbocycles. The summed E-state index contributed by atoms with van der Waals surface area (Å²) in [7, 11) is 1.61. The number of aryl methyl sites for hydroxylation is 1. The Bertz CT molecular complexity index is 611. The fourth-order valence-electron chi connectivity index (χ4n) is 1.66. The highest BCUT2D eigenvalue weighted by atomic mass is 16.6. The summed E-state index contributed by atoms with van der Waals surface area (Å²) in [5.41, 5.74) is 1.31. The summed E-state index contributed by atoms with van der Waals surface area (Å²) in [5.74, 6) is 0.201. The highest BCUT2D eigenvalue weighted by Gasteiger charge is 2.16. The van der Waals surface area contributed by atoms with Gasteiger partial charge in [0.05, 0.1) is 30.0 Å². The van der Waals surface area contributed by atoms with Gasteiger partial charge in [-0.05, 0) is 12.5 Å². The lowest BCUT2D eigenvalue weighted by molar-refractivity contribution is -0.384. The van der Waals surface area contributed by atoms with Gasteiger partial charge in [0.15, 0.2) is 0 Å². The maximum Gasteiger partial charge on any atom is 0.311 e. The van der Waals surface area contributed by atoms with E-state index in [9.17, 15) is 10.1 Å². The Morgan fingerprint density at radius 2 is 2.30 bits per heavy atom. The van der Waals surface area contributed by atoms with Crippen molar-refractivity contribution >= 4 is 17.2 Å². The Kier molecular flexibility index (Phi) is 4.26. The van der Waals surface area contributed by atoms with Crippen LogP contribution >= 0.6 is 0 Å². The number of nitro groups is 1. The zero-order valence-electron chi connectivity index (χ0n) is 11.2. The standard InChI is InChI=1S/C12H15N5O3/c1-9-5-11(17(18)19)12(13-6-9)15-10-7-14-16(8-10)3-4-20-2/h5-8H,3-4H2,1-2H3,(H,13,15). The van der Waals surface area contributed by atoms with Crippen molar-refractivity contribution in [3.05, 3.63) is 40.3 Å². The molecule has 0 aromatic carbocycles. The number of anilines is 2. The fourth-order valence-corrected chi connectivity index (χ4v) is 1.66. The quantitative estimate of drug-likeness (QED) is 0.640. The fraction of sp³-hybridized carbons (Fsp3) is 0.333. The van der Waals surface area contributed by atoms with Crippen LogP contribution in [0.2, 0.25) is 0 Å². The summed E-state index contributed by atoms with van der Waals surface area (Å²) in [4.78, 5) is 14.6. The van der Waals surface area contributed by atoms with Gasteiger partial charge in [0.25, 0.3) is 0 Å². The molecule has 1 N–H and O–H groups in total. The molecule has 2 rings (SSSR count). The first kappa shape index (κ1) is 13.9. The third-order valence-electron chi connectivity index (χ3n) is 2.62. The van der Waals surface area contributed by atoms with Gasteiger partial charge in [-0.2, -0.15) is 5.10 Å². The minimum absolute atomic E-state index is 0.0605. The average Bonchev–Trinajstić information content (AvgIpc) is 2.86. The van der Waals surface area contributed by atoms with Crippen LogP contribution in [-0.4, -0.2) is 33.4 Å². The van der Waals surface area contributed by atoms with Crippen molar-refractivity contribution in [1.29, 1.82) is 0 Å². The summed E-state index contributed by atoms with van der Waals surface area (Å²) in [6.07, 6.45) is 4.90. The molecular formula is C12H15N5O3. The third kappa shape index (κ3) is 3.29. The molecule has 2 aromatic rings. The van der Waals surface area contributed by atoms with E-state index in [1.54, 1.807) is 37.3 Å². The van der Waals surface area contributed by atoms with Gasteiger partial charge in [-0.15, -0.1) is 0 Å². The van der Waals surface area contributed by atoms with Gasteiger partial charge in [0.1, 0.15) is 0 Å². The summed E-state index contributed by atoms with van der Waals surface area (Å²) in [6.45, 7) is 2.91.